The zero-order valence-electron chi connectivity index (χ0n) is 10.9. The number of aromatic nitrogens is 4. The minimum atomic E-state index is 0.629. The molecule has 0 saturated carbocycles. The van der Waals surface area contributed by atoms with E-state index in [0.29, 0.717) is 5.95 Å². The number of rotatable bonds is 3. The third-order valence-corrected chi connectivity index (χ3v) is 4.85. The first-order chi connectivity index (χ1) is 8.70. The largest absolute Gasteiger partial charge is 0.369 e. The van der Waals surface area contributed by atoms with Crippen molar-refractivity contribution in [2.75, 3.05) is 17.2 Å². The molecule has 2 N–H and O–H groups in total. The van der Waals surface area contributed by atoms with Crippen molar-refractivity contribution in [3.8, 4) is 0 Å². The lowest BCUT2D eigenvalue weighted by molar-refractivity contribution is 0.498. The zero-order valence-corrected chi connectivity index (χ0v) is 11.7. The van der Waals surface area contributed by atoms with Crippen LogP contribution in [0, 0.1) is 5.92 Å². The molecule has 98 valence electrons. The molecule has 2 aromatic heterocycles. The number of nitrogen functional groups attached to an aromatic ring is 1. The Morgan fingerprint density at radius 1 is 1.50 bits per heavy atom. The Hall–Kier alpha value is -1.17. The Balaban J connectivity index is 2.04. The minimum Gasteiger partial charge on any atom is -0.369 e. The predicted octanol–water partition coefficient (Wildman–Crippen LogP) is 1.67. The number of nitrogens with zero attached hydrogens (tertiary/aromatic N) is 4. The lowest BCUT2D eigenvalue weighted by atomic mass is 10.1. The number of fused-ring (bicyclic) bond motifs is 1. The molecule has 5 nitrogen and oxygen atoms in total. The summed E-state index contributed by atoms with van der Waals surface area (Å²) in [6.07, 6.45) is 2.18. The summed E-state index contributed by atoms with van der Waals surface area (Å²) in [4.78, 5) is 4.50. The van der Waals surface area contributed by atoms with Gasteiger partial charge in [0, 0.05) is 13.6 Å². The van der Waals surface area contributed by atoms with Crippen molar-refractivity contribution in [3.63, 3.8) is 0 Å². The number of nitrogens with two attached hydrogens (primary N) is 1. The second kappa shape index (κ2) is 4.50. The third-order valence-electron chi connectivity index (χ3n) is 3.62. The van der Waals surface area contributed by atoms with Gasteiger partial charge in [-0.2, -0.15) is 16.9 Å². The first-order valence-electron chi connectivity index (χ1n) is 6.46. The van der Waals surface area contributed by atoms with Crippen LogP contribution in [0.2, 0.25) is 0 Å². The number of hydrogen-bond acceptors (Lipinski definition) is 4. The van der Waals surface area contributed by atoms with Gasteiger partial charge in [-0.1, -0.05) is 6.92 Å². The molecule has 0 aliphatic carbocycles. The van der Waals surface area contributed by atoms with Crippen LogP contribution in [0.5, 0.6) is 0 Å². The molecule has 3 heterocycles. The van der Waals surface area contributed by atoms with Crippen LogP contribution < -0.4 is 5.73 Å². The first-order valence-corrected chi connectivity index (χ1v) is 7.61. The van der Waals surface area contributed by atoms with Crippen LogP contribution in [0.4, 0.5) is 5.95 Å². The second-order valence-electron chi connectivity index (χ2n) is 4.91. The van der Waals surface area contributed by atoms with Crippen LogP contribution in [0.3, 0.4) is 0 Å². The normalized spacial score (nSPS) is 20.0. The SMILES string of the molecule is CCc1nn(C)c2c1nc(N)n2CC1CCSC1. The van der Waals surface area contributed by atoms with Gasteiger partial charge < -0.3 is 5.73 Å². The van der Waals surface area contributed by atoms with E-state index < -0.39 is 0 Å². The van der Waals surface area contributed by atoms with E-state index in [4.69, 9.17) is 5.73 Å². The van der Waals surface area contributed by atoms with Crippen LogP contribution in [0.1, 0.15) is 19.0 Å². The zero-order chi connectivity index (χ0) is 12.7. The van der Waals surface area contributed by atoms with E-state index in [1.165, 1.54) is 17.9 Å². The summed E-state index contributed by atoms with van der Waals surface area (Å²) >= 11 is 2.03. The monoisotopic (exact) mass is 265 g/mol. The van der Waals surface area contributed by atoms with Crippen molar-refractivity contribution in [2.45, 2.75) is 26.3 Å². The molecular weight excluding hydrogens is 246 g/mol. The third kappa shape index (κ3) is 1.79. The highest BCUT2D eigenvalue weighted by Crippen LogP contribution is 2.28. The molecule has 6 heteroatoms. The fourth-order valence-corrected chi connectivity index (χ4v) is 3.93. The van der Waals surface area contributed by atoms with Crippen molar-refractivity contribution in [2.24, 2.45) is 13.0 Å². The molecule has 1 saturated heterocycles. The van der Waals surface area contributed by atoms with Crippen molar-refractivity contribution in [3.05, 3.63) is 5.69 Å². The van der Waals surface area contributed by atoms with Gasteiger partial charge in [-0.15, -0.1) is 0 Å². The van der Waals surface area contributed by atoms with Gasteiger partial charge >= 0.3 is 0 Å². The van der Waals surface area contributed by atoms with E-state index in [0.717, 1.165) is 35.7 Å². The number of aryl methyl sites for hydroxylation is 2. The summed E-state index contributed by atoms with van der Waals surface area (Å²) in [5.74, 6) is 3.85. The van der Waals surface area contributed by atoms with E-state index in [2.05, 4.69) is 21.6 Å². The predicted molar refractivity (Wildman–Crippen MR) is 75.7 cm³/mol. The molecule has 1 unspecified atom stereocenters. The molecule has 18 heavy (non-hydrogen) atoms. The van der Waals surface area contributed by atoms with E-state index in [1.807, 2.05) is 23.5 Å². The number of imidazole rings is 1. The Bertz CT molecular complexity index is 565. The topological polar surface area (TPSA) is 61.7 Å². The summed E-state index contributed by atoms with van der Waals surface area (Å²) < 4.78 is 4.05. The van der Waals surface area contributed by atoms with Gasteiger partial charge in [-0.3, -0.25) is 9.25 Å². The van der Waals surface area contributed by atoms with Gasteiger partial charge in [0.1, 0.15) is 5.52 Å². The van der Waals surface area contributed by atoms with Gasteiger partial charge in [-0.25, -0.2) is 4.98 Å². The maximum atomic E-state index is 6.07. The van der Waals surface area contributed by atoms with Gasteiger partial charge in [0.05, 0.1) is 5.69 Å². The van der Waals surface area contributed by atoms with Crippen molar-refractivity contribution in [1.29, 1.82) is 0 Å². The maximum Gasteiger partial charge on any atom is 0.202 e. The molecular formula is C12H19N5S. The van der Waals surface area contributed by atoms with E-state index in [9.17, 15) is 0 Å². The highest BCUT2D eigenvalue weighted by Gasteiger charge is 2.21. The quantitative estimate of drug-likeness (QED) is 0.917. The van der Waals surface area contributed by atoms with Gasteiger partial charge in [-0.05, 0) is 30.3 Å². The fraction of sp³-hybridized carbons (Fsp3) is 0.667. The molecule has 1 aliphatic heterocycles. The van der Waals surface area contributed by atoms with E-state index in [1.54, 1.807) is 0 Å². The summed E-state index contributed by atoms with van der Waals surface area (Å²) in [6.45, 7) is 3.07. The highest BCUT2D eigenvalue weighted by atomic mass is 32.2. The fourth-order valence-electron chi connectivity index (χ4n) is 2.66. The molecule has 2 aromatic rings. The van der Waals surface area contributed by atoms with Gasteiger partial charge in [0.2, 0.25) is 5.95 Å². The lowest BCUT2D eigenvalue weighted by Crippen LogP contribution is -2.14. The maximum absolute atomic E-state index is 6.07. The standard InChI is InChI=1S/C12H19N5S/c1-3-9-10-11(16(2)15-9)17(12(13)14-10)6-8-4-5-18-7-8/h8H,3-7H2,1-2H3,(H2,13,14). The molecule has 0 amide bonds. The minimum absolute atomic E-state index is 0.629. The second-order valence-corrected chi connectivity index (χ2v) is 6.06. The number of anilines is 1. The molecule has 1 aliphatic rings. The summed E-state index contributed by atoms with van der Waals surface area (Å²) in [7, 11) is 1.97. The summed E-state index contributed by atoms with van der Waals surface area (Å²) in [6, 6.07) is 0. The van der Waals surface area contributed by atoms with Gasteiger partial charge in [0.15, 0.2) is 5.65 Å². The molecule has 0 bridgehead atoms. The molecule has 0 aromatic carbocycles. The molecule has 0 spiro atoms. The number of hydrogen-bond donors (Lipinski definition) is 1. The van der Waals surface area contributed by atoms with E-state index in [-0.39, 0.29) is 0 Å². The molecule has 0 radical (unpaired) electrons. The summed E-state index contributed by atoms with van der Waals surface area (Å²) in [5, 5.41) is 4.52. The lowest BCUT2D eigenvalue weighted by Gasteiger charge is -2.11. The average Bonchev–Trinajstić information content (AvgIpc) is 3.01. The van der Waals surface area contributed by atoms with Crippen LogP contribution in [-0.2, 0) is 20.0 Å². The van der Waals surface area contributed by atoms with Crippen molar-refractivity contribution in [1.82, 2.24) is 19.3 Å². The summed E-state index contributed by atoms with van der Waals surface area (Å²) in [5.41, 5.74) is 9.16. The Morgan fingerprint density at radius 3 is 3.00 bits per heavy atom. The molecule has 1 fully saturated rings. The molecule has 1 atom stereocenters. The van der Waals surface area contributed by atoms with Crippen LogP contribution in [0.25, 0.3) is 11.2 Å². The van der Waals surface area contributed by atoms with Crippen LogP contribution in [-0.4, -0.2) is 30.8 Å². The first kappa shape index (κ1) is 11.9. The average molecular weight is 265 g/mol. The Morgan fingerprint density at radius 2 is 2.33 bits per heavy atom. The van der Waals surface area contributed by atoms with Crippen molar-refractivity contribution >= 4 is 28.9 Å². The van der Waals surface area contributed by atoms with Crippen LogP contribution >= 0.6 is 11.8 Å². The highest BCUT2D eigenvalue weighted by molar-refractivity contribution is 7.99. The van der Waals surface area contributed by atoms with E-state index >= 15 is 0 Å². The van der Waals surface area contributed by atoms with Crippen molar-refractivity contribution < 1.29 is 0 Å². The van der Waals surface area contributed by atoms with Crippen LogP contribution in [0.15, 0.2) is 0 Å². The number of thioether (sulfide) groups is 1. The Kier molecular flexibility index (Phi) is 2.97. The molecule has 3 rings (SSSR count). The van der Waals surface area contributed by atoms with Gasteiger partial charge in [0.25, 0.3) is 0 Å². The smallest absolute Gasteiger partial charge is 0.202 e. The Labute approximate surface area is 111 Å².